The van der Waals surface area contributed by atoms with Gasteiger partial charge in [-0.05, 0) is 6.92 Å². The summed E-state index contributed by atoms with van der Waals surface area (Å²) in [4.78, 5) is 10.5. The first-order valence-electron chi connectivity index (χ1n) is 2.82. The summed E-state index contributed by atoms with van der Waals surface area (Å²) in [6.07, 6.45) is 0. The van der Waals surface area contributed by atoms with E-state index in [1.807, 2.05) is 0 Å². The average Bonchev–Trinajstić information content (AvgIpc) is 1.80. The smallest absolute Gasteiger partial charge is 0.333 e. The van der Waals surface area contributed by atoms with Gasteiger partial charge in [-0.25, -0.2) is 4.79 Å². The van der Waals surface area contributed by atoms with Crippen molar-refractivity contribution in [3.05, 3.63) is 12.2 Å². The Morgan fingerprint density at radius 1 is 1.50 bits per heavy atom. The van der Waals surface area contributed by atoms with E-state index in [4.69, 9.17) is 15.3 Å². The Labute approximate surface area is 69.7 Å². The van der Waals surface area contributed by atoms with E-state index in [-0.39, 0.29) is 11.7 Å². The zero-order valence-electron chi connectivity index (χ0n) is 6.78. The molecule has 12 heavy (non-hydrogen) atoms. The zero-order chi connectivity index (χ0) is 9.07. The maximum absolute atomic E-state index is 10.5. The lowest BCUT2D eigenvalue weighted by molar-refractivity contribution is -0.327. The summed E-state index contributed by atoms with van der Waals surface area (Å²) in [5.41, 5.74) is 0.120. The molecule has 0 heterocycles. The molecule has 72 valence electrons. The van der Waals surface area contributed by atoms with Crippen LogP contribution in [0.5, 0.6) is 0 Å². The second-order valence-corrected chi connectivity index (χ2v) is 2.13. The van der Waals surface area contributed by atoms with Crippen LogP contribution in [0.25, 0.3) is 0 Å². The molecular weight excluding hydrogens is 166 g/mol. The Kier molecular flexibility index (Phi) is 5.49. The molecule has 0 unspecified atom stereocenters. The summed E-state index contributed by atoms with van der Waals surface area (Å²) in [6, 6.07) is 0. The van der Waals surface area contributed by atoms with Crippen LogP contribution < -0.4 is 6.15 Å². The molecule has 0 amide bonds. The Balaban J connectivity index is 0. The first-order valence-corrected chi connectivity index (χ1v) is 2.82. The zero-order valence-corrected chi connectivity index (χ0v) is 6.78. The largest absolute Gasteiger partial charge is 0.454 e. The Morgan fingerprint density at radius 3 is 2.17 bits per heavy atom. The number of aliphatic hydroxyl groups is 3. The van der Waals surface area contributed by atoms with Gasteiger partial charge in [0.25, 0.3) is 0 Å². The van der Waals surface area contributed by atoms with Gasteiger partial charge in [0.15, 0.2) is 6.61 Å². The fourth-order valence-electron chi connectivity index (χ4n) is 0.286. The molecule has 6 nitrogen and oxygen atoms in total. The van der Waals surface area contributed by atoms with Crippen LogP contribution in [-0.2, 0) is 9.53 Å². The van der Waals surface area contributed by atoms with E-state index in [2.05, 4.69) is 11.3 Å². The predicted octanol–water partition coefficient (Wildman–Crippen LogP) is -1.10. The molecule has 0 radical (unpaired) electrons. The van der Waals surface area contributed by atoms with Crippen molar-refractivity contribution in [3.63, 3.8) is 0 Å². The van der Waals surface area contributed by atoms with Gasteiger partial charge in [-0.1, -0.05) is 6.58 Å². The van der Waals surface area contributed by atoms with E-state index in [1.54, 1.807) is 0 Å². The third-order valence-corrected chi connectivity index (χ3v) is 0.745. The second kappa shape index (κ2) is 4.83. The number of carbonyl (C=O) groups is 1. The van der Waals surface area contributed by atoms with E-state index < -0.39 is 18.5 Å². The van der Waals surface area contributed by atoms with Crippen LogP contribution in [0.4, 0.5) is 0 Å². The van der Waals surface area contributed by atoms with Gasteiger partial charge >= 0.3 is 11.9 Å². The summed E-state index contributed by atoms with van der Waals surface area (Å²) in [6.45, 7) is 3.75. The average molecular weight is 179 g/mol. The minimum absolute atomic E-state index is 0. The predicted molar refractivity (Wildman–Crippen MR) is 40.2 cm³/mol. The maximum atomic E-state index is 10.5. The number of ether oxygens (including phenoxy) is 1. The van der Waals surface area contributed by atoms with Crippen molar-refractivity contribution in [1.82, 2.24) is 6.15 Å². The van der Waals surface area contributed by atoms with Crippen molar-refractivity contribution in [2.75, 3.05) is 6.61 Å². The monoisotopic (exact) mass is 179 g/mol. The van der Waals surface area contributed by atoms with E-state index in [0.717, 1.165) is 0 Å². The summed E-state index contributed by atoms with van der Waals surface area (Å²) < 4.78 is 4.18. The molecule has 0 aliphatic heterocycles. The SMILES string of the molecule is C=C(C)C(=O)OCC(O)(O)O.N. The summed E-state index contributed by atoms with van der Waals surface area (Å²) in [5.74, 6) is -3.75. The van der Waals surface area contributed by atoms with E-state index in [0.29, 0.717) is 0 Å². The fourth-order valence-corrected chi connectivity index (χ4v) is 0.286. The van der Waals surface area contributed by atoms with E-state index >= 15 is 0 Å². The molecule has 0 spiro atoms. The Hall–Kier alpha value is -0.950. The van der Waals surface area contributed by atoms with Crippen molar-refractivity contribution in [1.29, 1.82) is 0 Å². The summed E-state index contributed by atoms with van der Waals surface area (Å²) in [7, 11) is 0. The van der Waals surface area contributed by atoms with Gasteiger partial charge in [0.1, 0.15) is 0 Å². The van der Waals surface area contributed by atoms with Gasteiger partial charge in [-0.2, -0.15) is 0 Å². The second-order valence-electron chi connectivity index (χ2n) is 2.13. The molecule has 0 aliphatic rings. The molecule has 0 fully saturated rings. The topological polar surface area (TPSA) is 122 Å². The van der Waals surface area contributed by atoms with Crippen molar-refractivity contribution >= 4 is 5.97 Å². The lowest BCUT2D eigenvalue weighted by Gasteiger charge is -2.13. The molecule has 0 bridgehead atoms. The van der Waals surface area contributed by atoms with Gasteiger partial charge in [0.05, 0.1) is 0 Å². The molecule has 0 aliphatic carbocycles. The van der Waals surface area contributed by atoms with Crippen LogP contribution in [0.3, 0.4) is 0 Å². The first kappa shape index (κ1) is 13.6. The highest BCUT2D eigenvalue weighted by Crippen LogP contribution is 1.97. The molecular formula is C6H13NO5. The van der Waals surface area contributed by atoms with Crippen LogP contribution in [0.2, 0.25) is 0 Å². The fraction of sp³-hybridized carbons (Fsp3) is 0.500. The van der Waals surface area contributed by atoms with Gasteiger partial charge < -0.3 is 26.2 Å². The number of esters is 1. The van der Waals surface area contributed by atoms with Crippen molar-refractivity contribution < 1.29 is 24.9 Å². The van der Waals surface area contributed by atoms with E-state index in [9.17, 15) is 4.79 Å². The van der Waals surface area contributed by atoms with E-state index in [1.165, 1.54) is 6.92 Å². The molecule has 6 N–H and O–H groups in total. The molecule has 0 rings (SSSR count). The Morgan fingerprint density at radius 2 is 1.92 bits per heavy atom. The van der Waals surface area contributed by atoms with Crippen LogP contribution >= 0.6 is 0 Å². The highest BCUT2D eigenvalue weighted by molar-refractivity contribution is 5.86. The third kappa shape index (κ3) is 7.16. The summed E-state index contributed by atoms with van der Waals surface area (Å²) >= 11 is 0. The highest BCUT2D eigenvalue weighted by Gasteiger charge is 2.20. The third-order valence-electron chi connectivity index (χ3n) is 0.745. The first-order chi connectivity index (χ1) is 4.83. The standard InChI is InChI=1S/C6H10O5.H3N/c1-4(2)5(7)11-3-6(8,9)10;/h8-10H,1,3H2,2H3;1H3. The van der Waals surface area contributed by atoms with Crippen molar-refractivity contribution in [2.24, 2.45) is 0 Å². The molecule has 0 atom stereocenters. The minimum atomic E-state index is -2.97. The summed E-state index contributed by atoms with van der Waals surface area (Å²) in [5, 5.41) is 24.8. The number of carbonyl (C=O) groups excluding carboxylic acids is 1. The minimum Gasteiger partial charge on any atom is -0.454 e. The molecule has 0 aromatic rings. The normalized spacial score (nSPS) is 10.0. The number of hydrogen-bond donors (Lipinski definition) is 4. The van der Waals surface area contributed by atoms with Gasteiger partial charge in [-0.3, -0.25) is 0 Å². The van der Waals surface area contributed by atoms with Crippen LogP contribution in [0.1, 0.15) is 6.92 Å². The number of rotatable bonds is 3. The van der Waals surface area contributed by atoms with Gasteiger partial charge in [0.2, 0.25) is 0 Å². The lowest BCUT2D eigenvalue weighted by atomic mass is 10.4. The quantitative estimate of drug-likeness (QED) is 0.248. The van der Waals surface area contributed by atoms with Crippen LogP contribution in [0.15, 0.2) is 12.2 Å². The molecule has 0 saturated carbocycles. The highest BCUT2D eigenvalue weighted by atomic mass is 16.7. The molecule has 0 saturated heterocycles. The van der Waals surface area contributed by atoms with Crippen molar-refractivity contribution in [2.45, 2.75) is 12.9 Å². The van der Waals surface area contributed by atoms with Crippen molar-refractivity contribution in [3.8, 4) is 0 Å². The van der Waals surface area contributed by atoms with Crippen LogP contribution in [0, 0.1) is 0 Å². The number of hydrogen-bond acceptors (Lipinski definition) is 6. The van der Waals surface area contributed by atoms with Crippen LogP contribution in [-0.4, -0.2) is 33.9 Å². The molecule has 6 heteroatoms. The van der Waals surface area contributed by atoms with Gasteiger partial charge in [0, 0.05) is 5.57 Å². The Bertz CT molecular complexity index is 171. The lowest BCUT2D eigenvalue weighted by Crippen LogP contribution is -2.34. The maximum Gasteiger partial charge on any atom is 0.333 e. The molecule has 0 aromatic heterocycles. The van der Waals surface area contributed by atoms with Gasteiger partial charge in [-0.15, -0.1) is 0 Å². The molecule has 0 aromatic carbocycles.